The lowest BCUT2D eigenvalue weighted by molar-refractivity contribution is -0.131. The maximum absolute atomic E-state index is 12.9. The molecule has 1 fully saturated rings. The van der Waals surface area contributed by atoms with Gasteiger partial charge in [0.1, 0.15) is 6.54 Å². The first-order valence-corrected chi connectivity index (χ1v) is 12.9. The Bertz CT molecular complexity index is 1260. The van der Waals surface area contributed by atoms with Crippen LogP contribution in [0.25, 0.3) is 0 Å². The quantitative estimate of drug-likeness (QED) is 0.519. The SMILES string of the molecule is O=C(CN(C(=O)c1ccc(Cl)cc1)C1CC1)Nc1nc(CC(=O)N2CCc3ccccc3C2)cs1. The summed E-state index contributed by atoms with van der Waals surface area (Å²) in [4.78, 5) is 46.3. The standard InChI is InChI=1S/C26H25ClN4O3S/c27-20-7-5-18(6-8-20)25(34)31(22-9-10-22)15-23(32)29-26-28-21(16-35-26)13-24(33)30-12-11-17-3-1-2-4-19(17)14-30/h1-8,16,22H,9-15H2,(H,28,29,32). The van der Waals surface area contributed by atoms with Gasteiger partial charge >= 0.3 is 0 Å². The van der Waals surface area contributed by atoms with Crippen LogP contribution < -0.4 is 5.32 Å². The number of halogens is 1. The Balaban J connectivity index is 1.16. The highest BCUT2D eigenvalue weighted by Gasteiger charge is 2.34. The molecule has 3 aromatic rings. The van der Waals surface area contributed by atoms with Gasteiger partial charge in [-0.3, -0.25) is 14.4 Å². The van der Waals surface area contributed by atoms with Crippen molar-refractivity contribution in [1.29, 1.82) is 0 Å². The molecule has 1 aliphatic heterocycles. The molecule has 2 aliphatic rings. The molecular formula is C26H25ClN4O3S. The molecule has 35 heavy (non-hydrogen) atoms. The Morgan fingerprint density at radius 1 is 1.09 bits per heavy atom. The zero-order chi connectivity index (χ0) is 24.4. The molecule has 0 unspecified atom stereocenters. The molecular weight excluding hydrogens is 484 g/mol. The normalized spacial score (nSPS) is 14.8. The number of nitrogens with zero attached hydrogens (tertiary/aromatic N) is 3. The fourth-order valence-corrected chi connectivity index (χ4v) is 5.10. The van der Waals surface area contributed by atoms with E-state index in [0.29, 0.717) is 34.5 Å². The number of fused-ring (bicyclic) bond motifs is 1. The minimum absolute atomic E-state index is 0.0242. The second-order valence-electron chi connectivity index (χ2n) is 8.87. The Morgan fingerprint density at radius 2 is 1.83 bits per heavy atom. The van der Waals surface area contributed by atoms with E-state index in [9.17, 15) is 14.4 Å². The highest BCUT2D eigenvalue weighted by atomic mass is 35.5. The van der Waals surface area contributed by atoms with Crippen molar-refractivity contribution in [2.24, 2.45) is 0 Å². The van der Waals surface area contributed by atoms with Crippen molar-refractivity contribution in [2.45, 2.75) is 38.3 Å². The topological polar surface area (TPSA) is 82.6 Å². The number of rotatable bonds is 7. The van der Waals surface area contributed by atoms with Crippen LogP contribution in [0.3, 0.4) is 0 Å². The number of thiazole rings is 1. The molecule has 1 N–H and O–H groups in total. The van der Waals surface area contributed by atoms with Crippen molar-refractivity contribution in [3.8, 4) is 0 Å². The van der Waals surface area contributed by atoms with Gasteiger partial charge < -0.3 is 15.1 Å². The average molecular weight is 509 g/mol. The molecule has 0 spiro atoms. The number of benzene rings is 2. The van der Waals surface area contributed by atoms with E-state index in [0.717, 1.165) is 19.3 Å². The lowest BCUT2D eigenvalue weighted by Gasteiger charge is -2.28. The van der Waals surface area contributed by atoms with Gasteiger partial charge in [0, 0.05) is 35.1 Å². The van der Waals surface area contributed by atoms with Crippen LogP contribution in [0.5, 0.6) is 0 Å². The summed E-state index contributed by atoms with van der Waals surface area (Å²) >= 11 is 7.21. The van der Waals surface area contributed by atoms with Crippen molar-refractivity contribution in [3.63, 3.8) is 0 Å². The molecule has 1 aromatic heterocycles. The lowest BCUT2D eigenvalue weighted by Crippen LogP contribution is -2.39. The van der Waals surface area contributed by atoms with Crippen LogP contribution in [0.15, 0.2) is 53.9 Å². The molecule has 2 aromatic carbocycles. The zero-order valence-corrected chi connectivity index (χ0v) is 20.6. The molecule has 5 rings (SSSR count). The van der Waals surface area contributed by atoms with Gasteiger partial charge in [-0.25, -0.2) is 4.98 Å². The number of carbonyl (C=O) groups excluding carboxylic acids is 3. The monoisotopic (exact) mass is 508 g/mol. The van der Waals surface area contributed by atoms with Gasteiger partial charge in [-0.05, 0) is 54.7 Å². The summed E-state index contributed by atoms with van der Waals surface area (Å²) < 4.78 is 0. The second-order valence-corrected chi connectivity index (χ2v) is 10.2. The van der Waals surface area contributed by atoms with Crippen LogP contribution in [0.2, 0.25) is 5.02 Å². The Kier molecular flexibility index (Phi) is 6.83. The number of hydrogen-bond donors (Lipinski definition) is 1. The lowest BCUT2D eigenvalue weighted by atomic mass is 10.00. The number of carbonyl (C=O) groups is 3. The molecule has 2 heterocycles. The fraction of sp³-hybridized carbons (Fsp3) is 0.308. The predicted octanol–water partition coefficient (Wildman–Crippen LogP) is 4.17. The van der Waals surface area contributed by atoms with E-state index >= 15 is 0 Å². The number of aromatic nitrogens is 1. The first-order chi connectivity index (χ1) is 17.0. The maximum Gasteiger partial charge on any atom is 0.254 e. The summed E-state index contributed by atoms with van der Waals surface area (Å²) in [6.07, 6.45) is 2.82. The van der Waals surface area contributed by atoms with Crippen LogP contribution in [0.1, 0.15) is 40.0 Å². The van der Waals surface area contributed by atoms with Crippen LogP contribution >= 0.6 is 22.9 Å². The third-order valence-corrected chi connectivity index (χ3v) is 7.33. The van der Waals surface area contributed by atoms with Gasteiger partial charge in [-0.15, -0.1) is 11.3 Å². The number of amides is 3. The van der Waals surface area contributed by atoms with Gasteiger partial charge in [0.05, 0.1) is 12.1 Å². The molecule has 9 heteroatoms. The van der Waals surface area contributed by atoms with Crippen molar-refractivity contribution in [1.82, 2.24) is 14.8 Å². The van der Waals surface area contributed by atoms with Crippen molar-refractivity contribution in [2.75, 3.05) is 18.4 Å². The van der Waals surface area contributed by atoms with Gasteiger partial charge in [-0.2, -0.15) is 0 Å². The predicted molar refractivity (Wildman–Crippen MR) is 136 cm³/mol. The average Bonchev–Trinajstić information content (AvgIpc) is 3.62. The van der Waals surface area contributed by atoms with Crippen LogP contribution in [0.4, 0.5) is 5.13 Å². The fourth-order valence-electron chi connectivity index (χ4n) is 4.25. The highest BCUT2D eigenvalue weighted by Crippen LogP contribution is 2.29. The van der Waals surface area contributed by atoms with E-state index in [1.165, 1.54) is 22.5 Å². The first-order valence-electron chi connectivity index (χ1n) is 11.6. The minimum atomic E-state index is -0.306. The van der Waals surface area contributed by atoms with E-state index in [1.54, 1.807) is 34.5 Å². The molecule has 0 saturated heterocycles. The van der Waals surface area contributed by atoms with E-state index in [4.69, 9.17) is 11.6 Å². The van der Waals surface area contributed by atoms with Gasteiger partial charge in [-0.1, -0.05) is 35.9 Å². The summed E-state index contributed by atoms with van der Waals surface area (Å²) in [5.41, 5.74) is 3.62. The van der Waals surface area contributed by atoms with Crippen LogP contribution in [-0.4, -0.2) is 51.6 Å². The first kappa shape index (κ1) is 23.5. The molecule has 0 radical (unpaired) electrons. The summed E-state index contributed by atoms with van der Waals surface area (Å²) in [6.45, 7) is 1.26. The summed E-state index contributed by atoms with van der Waals surface area (Å²) in [7, 11) is 0. The smallest absolute Gasteiger partial charge is 0.254 e. The Labute approximate surface area is 212 Å². The Hall–Kier alpha value is -3.23. The Morgan fingerprint density at radius 3 is 2.57 bits per heavy atom. The van der Waals surface area contributed by atoms with Gasteiger partial charge in [0.2, 0.25) is 11.8 Å². The third kappa shape index (κ3) is 5.71. The number of hydrogen-bond acceptors (Lipinski definition) is 5. The van der Waals surface area contributed by atoms with Gasteiger partial charge in [0.15, 0.2) is 5.13 Å². The summed E-state index contributed by atoms with van der Waals surface area (Å²) in [6, 6.07) is 14.9. The molecule has 180 valence electrons. The molecule has 0 bridgehead atoms. The van der Waals surface area contributed by atoms with E-state index in [2.05, 4.69) is 22.4 Å². The minimum Gasteiger partial charge on any atom is -0.338 e. The van der Waals surface area contributed by atoms with E-state index in [-0.39, 0.29) is 36.7 Å². The largest absolute Gasteiger partial charge is 0.338 e. The number of nitrogens with one attached hydrogen (secondary N) is 1. The van der Waals surface area contributed by atoms with Crippen molar-refractivity contribution >= 4 is 45.8 Å². The summed E-state index contributed by atoms with van der Waals surface area (Å²) in [5, 5.41) is 5.56. The van der Waals surface area contributed by atoms with E-state index in [1.807, 2.05) is 17.0 Å². The second kappa shape index (κ2) is 10.2. The van der Waals surface area contributed by atoms with E-state index < -0.39 is 0 Å². The molecule has 7 nitrogen and oxygen atoms in total. The molecule has 0 atom stereocenters. The van der Waals surface area contributed by atoms with Crippen LogP contribution in [-0.2, 0) is 29.0 Å². The highest BCUT2D eigenvalue weighted by molar-refractivity contribution is 7.13. The molecule has 3 amide bonds. The van der Waals surface area contributed by atoms with Crippen molar-refractivity contribution in [3.05, 3.63) is 81.3 Å². The zero-order valence-electron chi connectivity index (χ0n) is 19.1. The van der Waals surface area contributed by atoms with Crippen molar-refractivity contribution < 1.29 is 14.4 Å². The van der Waals surface area contributed by atoms with Crippen LogP contribution in [0, 0.1) is 0 Å². The number of anilines is 1. The molecule has 1 saturated carbocycles. The maximum atomic E-state index is 12.9. The third-order valence-electron chi connectivity index (χ3n) is 6.27. The molecule has 1 aliphatic carbocycles. The summed E-state index contributed by atoms with van der Waals surface area (Å²) in [5.74, 6) is -0.469. The van der Waals surface area contributed by atoms with Gasteiger partial charge in [0.25, 0.3) is 5.91 Å².